The number of rotatable bonds is 4. The lowest BCUT2D eigenvalue weighted by molar-refractivity contribution is -0.126. The Morgan fingerprint density at radius 1 is 1.16 bits per heavy atom. The number of aryl methyl sites for hydroxylation is 1. The molecule has 136 valence electrons. The minimum atomic E-state index is -0.0256. The molecule has 3 nitrogen and oxygen atoms in total. The number of amides is 1. The average Bonchev–Trinajstić information content (AvgIpc) is 2.66. The summed E-state index contributed by atoms with van der Waals surface area (Å²) in [6.45, 7) is 4.94. The van der Waals surface area contributed by atoms with Crippen molar-refractivity contribution in [2.45, 2.75) is 76.8 Å². The van der Waals surface area contributed by atoms with E-state index in [9.17, 15) is 4.79 Å². The topological polar surface area (TPSA) is 32.3 Å². The van der Waals surface area contributed by atoms with E-state index in [1.807, 2.05) is 0 Å². The summed E-state index contributed by atoms with van der Waals surface area (Å²) in [5, 5.41) is 3.25. The lowest BCUT2D eigenvalue weighted by Crippen LogP contribution is -2.49. The molecule has 1 amide bonds. The Kier molecular flexibility index (Phi) is 5.12. The van der Waals surface area contributed by atoms with E-state index in [-0.39, 0.29) is 11.9 Å². The molecule has 1 fully saturated rings. The van der Waals surface area contributed by atoms with Gasteiger partial charge in [0.15, 0.2) is 0 Å². The van der Waals surface area contributed by atoms with Crippen molar-refractivity contribution in [3.63, 3.8) is 0 Å². The van der Waals surface area contributed by atoms with E-state index in [0.29, 0.717) is 11.8 Å². The minimum Gasteiger partial charge on any atom is -0.354 e. The molecular weight excluding hydrogens is 308 g/mol. The second-order valence-electron chi connectivity index (χ2n) is 8.43. The maximum atomic E-state index is 12.7. The van der Waals surface area contributed by atoms with E-state index in [1.165, 1.54) is 56.9 Å². The highest BCUT2D eigenvalue weighted by atomic mass is 16.2. The maximum Gasteiger partial charge on any atom is 0.237 e. The van der Waals surface area contributed by atoms with Gasteiger partial charge in [0.05, 0.1) is 6.04 Å². The van der Waals surface area contributed by atoms with Crippen LogP contribution >= 0.6 is 0 Å². The van der Waals surface area contributed by atoms with Crippen LogP contribution in [0.5, 0.6) is 0 Å². The van der Waals surface area contributed by atoms with Crippen molar-refractivity contribution in [2.75, 3.05) is 13.1 Å². The van der Waals surface area contributed by atoms with Gasteiger partial charge in [-0.15, -0.1) is 0 Å². The molecule has 0 radical (unpaired) electrons. The van der Waals surface area contributed by atoms with Crippen LogP contribution in [0.3, 0.4) is 0 Å². The fraction of sp³-hybridized carbons (Fsp3) is 0.682. The Morgan fingerprint density at radius 3 is 2.80 bits per heavy atom. The zero-order valence-corrected chi connectivity index (χ0v) is 15.6. The Bertz CT molecular complexity index is 620. The van der Waals surface area contributed by atoms with Gasteiger partial charge in [0.25, 0.3) is 0 Å². The van der Waals surface area contributed by atoms with Crippen LogP contribution in [0.15, 0.2) is 18.2 Å². The molecule has 1 saturated carbocycles. The fourth-order valence-corrected chi connectivity index (χ4v) is 5.22. The summed E-state index contributed by atoms with van der Waals surface area (Å²) in [6.07, 6.45) is 10.4. The molecule has 1 heterocycles. The molecule has 1 aliphatic heterocycles. The smallest absolute Gasteiger partial charge is 0.237 e. The van der Waals surface area contributed by atoms with Crippen molar-refractivity contribution in [3.05, 3.63) is 34.9 Å². The summed E-state index contributed by atoms with van der Waals surface area (Å²) in [5.41, 5.74) is 4.63. The summed E-state index contributed by atoms with van der Waals surface area (Å²) in [7, 11) is 0. The zero-order chi connectivity index (χ0) is 17.2. The zero-order valence-electron chi connectivity index (χ0n) is 15.6. The fourth-order valence-electron chi connectivity index (χ4n) is 5.22. The molecule has 25 heavy (non-hydrogen) atoms. The summed E-state index contributed by atoms with van der Waals surface area (Å²) in [5.74, 6) is 1.55. The first-order chi connectivity index (χ1) is 12.2. The first-order valence-electron chi connectivity index (χ1n) is 10.3. The minimum absolute atomic E-state index is 0.0256. The van der Waals surface area contributed by atoms with Gasteiger partial charge < -0.3 is 5.32 Å². The van der Waals surface area contributed by atoms with Gasteiger partial charge in [-0.25, -0.2) is 0 Å². The second kappa shape index (κ2) is 7.49. The van der Waals surface area contributed by atoms with Crippen LogP contribution in [0.2, 0.25) is 0 Å². The third-order valence-corrected chi connectivity index (χ3v) is 6.74. The molecule has 0 spiro atoms. The van der Waals surface area contributed by atoms with Crippen LogP contribution < -0.4 is 5.32 Å². The van der Waals surface area contributed by atoms with Gasteiger partial charge >= 0.3 is 0 Å². The van der Waals surface area contributed by atoms with Gasteiger partial charge in [-0.3, -0.25) is 9.69 Å². The summed E-state index contributed by atoms with van der Waals surface area (Å²) in [4.78, 5) is 15.1. The summed E-state index contributed by atoms with van der Waals surface area (Å²) in [6, 6.07) is 6.76. The third kappa shape index (κ3) is 3.62. The lowest BCUT2D eigenvalue weighted by atomic mass is 9.77. The molecule has 1 N–H and O–H groups in total. The molecule has 0 aromatic heterocycles. The van der Waals surface area contributed by atoms with Crippen molar-refractivity contribution in [1.82, 2.24) is 10.2 Å². The van der Waals surface area contributed by atoms with Crippen LogP contribution in [0.25, 0.3) is 0 Å². The molecule has 4 rings (SSSR count). The number of nitrogens with zero attached hydrogens (tertiary/aromatic N) is 1. The number of carbonyl (C=O) groups is 1. The highest BCUT2D eigenvalue weighted by molar-refractivity contribution is 5.81. The quantitative estimate of drug-likeness (QED) is 0.898. The molecule has 3 aliphatic rings. The first kappa shape index (κ1) is 17.1. The molecule has 1 aromatic carbocycles. The number of hydrogen-bond acceptors (Lipinski definition) is 2. The standard InChI is InChI=1S/C22H32N2O/c1-16(22(25)23-13-17-7-3-2-4-8-17)24-14-19-11-5-9-18-10-6-12-20(15-24)21(18)19/h5,9,11,16-17,20H,2-4,6-8,10,12-15H2,1H3,(H,23,25). The lowest BCUT2D eigenvalue weighted by Gasteiger charge is -2.40. The van der Waals surface area contributed by atoms with Crippen LogP contribution in [0, 0.1) is 5.92 Å². The molecule has 0 bridgehead atoms. The molecule has 3 heteroatoms. The summed E-state index contributed by atoms with van der Waals surface area (Å²) >= 11 is 0. The monoisotopic (exact) mass is 340 g/mol. The third-order valence-electron chi connectivity index (χ3n) is 6.74. The molecule has 2 aliphatic carbocycles. The number of nitrogens with one attached hydrogen (secondary N) is 1. The van der Waals surface area contributed by atoms with Crippen molar-refractivity contribution in [1.29, 1.82) is 0 Å². The van der Waals surface area contributed by atoms with Crippen molar-refractivity contribution < 1.29 is 4.79 Å². The van der Waals surface area contributed by atoms with Gasteiger partial charge in [0.1, 0.15) is 0 Å². The SMILES string of the molecule is CC(C(=O)NCC1CCCCC1)N1Cc2cccc3c2C(CCC3)C1. The van der Waals surface area contributed by atoms with E-state index in [0.717, 1.165) is 19.6 Å². The molecule has 2 atom stereocenters. The van der Waals surface area contributed by atoms with Crippen molar-refractivity contribution in [2.24, 2.45) is 5.92 Å². The number of benzene rings is 1. The Balaban J connectivity index is 1.39. The maximum absolute atomic E-state index is 12.7. The molecule has 0 saturated heterocycles. The molecule has 2 unspecified atom stereocenters. The Hall–Kier alpha value is -1.35. The highest BCUT2D eigenvalue weighted by Gasteiger charge is 2.33. The van der Waals surface area contributed by atoms with Gasteiger partial charge in [-0.1, -0.05) is 37.5 Å². The van der Waals surface area contributed by atoms with Gasteiger partial charge in [0.2, 0.25) is 5.91 Å². The largest absolute Gasteiger partial charge is 0.354 e. The normalized spacial score (nSPS) is 25.2. The van der Waals surface area contributed by atoms with Gasteiger partial charge in [-0.2, -0.15) is 0 Å². The van der Waals surface area contributed by atoms with Crippen LogP contribution in [-0.2, 0) is 17.8 Å². The van der Waals surface area contributed by atoms with E-state index in [4.69, 9.17) is 0 Å². The van der Waals surface area contributed by atoms with Crippen molar-refractivity contribution in [3.8, 4) is 0 Å². The van der Waals surface area contributed by atoms with Crippen LogP contribution in [-0.4, -0.2) is 29.9 Å². The van der Waals surface area contributed by atoms with E-state index < -0.39 is 0 Å². The van der Waals surface area contributed by atoms with E-state index in [2.05, 4.69) is 35.3 Å². The van der Waals surface area contributed by atoms with E-state index in [1.54, 1.807) is 11.1 Å². The number of carbonyl (C=O) groups excluding carboxylic acids is 1. The highest BCUT2D eigenvalue weighted by Crippen LogP contribution is 2.39. The second-order valence-corrected chi connectivity index (χ2v) is 8.43. The Labute approximate surface area is 152 Å². The average molecular weight is 341 g/mol. The first-order valence-corrected chi connectivity index (χ1v) is 10.3. The number of hydrogen-bond donors (Lipinski definition) is 1. The predicted molar refractivity (Wildman–Crippen MR) is 102 cm³/mol. The molecular formula is C22H32N2O. The van der Waals surface area contributed by atoms with Gasteiger partial charge in [0, 0.05) is 19.6 Å². The van der Waals surface area contributed by atoms with Crippen LogP contribution in [0.1, 0.15) is 74.5 Å². The Morgan fingerprint density at radius 2 is 1.96 bits per heavy atom. The molecule has 1 aromatic rings. The van der Waals surface area contributed by atoms with Gasteiger partial charge in [-0.05, 0) is 67.6 Å². The van der Waals surface area contributed by atoms with Crippen molar-refractivity contribution >= 4 is 5.91 Å². The summed E-state index contributed by atoms with van der Waals surface area (Å²) < 4.78 is 0. The van der Waals surface area contributed by atoms with Crippen LogP contribution in [0.4, 0.5) is 0 Å². The van der Waals surface area contributed by atoms with E-state index >= 15 is 0 Å². The predicted octanol–water partition coefficient (Wildman–Crippen LogP) is 4.01.